The maximum absolute atomic E-state index is 12.9. The second-order valence-electron chi connectivity index (χ2n) is 7.01. The molecule has 0 aliphatic carbocycles. The van der Waals surface area contributed by atoms with Gasteiger partial charge in [0.15, 0.2) is 11.4 Å². The Morgan fingerprint density at radius 3 is 2.96 bits per heavy atom. The van der Waals surface area contributed by atoms with Gasteiger partial charge in [0, 0.05) is 43.3 Å². The van der Waals surface area contributed by atoms with Gasteiger partial charge in [0.05, 0.1) is 12.2 Å². The van der Waals surface area contributed by atoms with Gasteiger partial charge in [-0.3, -0.25) is 4.79 Å². The summed E-state index contributed by atoms with van der Waals surface area (Å²) in [5.41, 5.74) is 8.84. The van der Waals surface area contributed by atoms with E-state index in [2.05, 4.69) is 9.97 Å². The smallest absolute Gasteiger partial charge is 0.289 e. The van der Waals surface area contributed by atoms with Crippen LogP contribution in [0, 0.1) is 0 Å². The van der Waals surface area contributed by atoms with Crippen LogP contribution < -0.4 is 5.73 Å². The van der Waals surface area contributed by atoms with Crippen molar-refractivity contribution in [1.29, 1.82) is 0 Å². The molecule has 5 rings (SSSR count). The molecule has 2 N–H and O–H groups in total. The van der Waals surface area contributed by atoms with Crippen molar-refractivity contribution < 1.29 is 9.21 Å². The molecule has 4 aromatic rings. The molecule has 28 heavy (non-hydrogen) atoms. The molecule has 1 aliphatic rings. The Kier molecular flexibility index (Phi) is 4.05. The molecule has 142 valence electrons. The molecule has 1 aliphatic heterocycles. The number of carbonyl (C=O) groups excluding carboxylic acids is 1. The third-order valence-electron chi connectivity index (χ3n) is 5.23. The van der Waals surface area contributed by atoms with Crippen molar-refractivity contribution in [2.24, 2.45) is 5.73 Å². The Bertz CT molecular complexity index is 1130. The van der Waals surface area contributed by atoms with E-state index in [-0.39, 0.29) is 11.8 Å². The minimum absolute atomic E-state index is 0.0875. The first-order valence-corrected chi connectivity index (χ1v) is 9.40. The van der Waals surface area contributed by atoms with Gasteiger partial charge < -0.3 is 15.1 Å². The Labute approximate surface area is 161 Å². The number of likely N-dealkylation sites (tertiary alicyclic amines) is 1. The van der Waals surface area contributed by atoms with Crippen LogP contribution >= 0.6 is 0 Å². The van der Waals surface area contributed by atoms with E-state index in [1.807, 2.05) is 35.2 Å². The number of rotatable bonds is 4. The zero-order valence-electron chi connectivity index (χ0n) is 15.3. The fourth-order valence-electron chi connectivity index (χ4n) is 3.89. The standard InChI is InChI=1S/C20H20N6O2/c21-6-10-26-19-18(22-7-8-23-19)17(24-26)14-5-9-25(12-14)20(27)16-11-13-3-1-2-4-15(13)28-16/h1-4,7-8,11,14H,5-6,9-10,12,21H2/t14-/m0/s1. The Morgan fingerprint density at radius 1 is 1.25 bits per heavy atom. The maximum atomic E-state index is 12.9. The third kappa shape index (κ3) is 2.73. The second-order valence-corrected chi connectivity index (χ2v) is 7.01. The molecule has 1 fully saturated rings. The van der Waals surface area contributed by atoms with Crippen LogP contribution in [-0.4, -0.2) is 50.2 Å². The number of hydrogen-bond acceptors (Lipinski definition) is 6. The molecule has 4 heterocycles. The maximum Gasteiger partial charge on any atom is 0.289 e. The van der Waals surface area contributed by atoms with Gasteiger partial charge in [0.25, 0.3) is 5.91 Å². The fourth-order valence-corrected chi connectivity index (χ4v) is 3.89. The van der Waals surface area contributed by atoms with Gasteiger partial charge in [0.2, 0.25) is 0 Å². The predicted octanol–water partition coefficient (Wildman–Crippen LogP) is 2.16. The predicted molar refractivity (Wildman–Crippen MR) is 104 cm³/mol. The van der Waals surface area contributed by atoms with Gasteiger partial charge in [-0.15, -0.1) is 0 Å². The van der Waals surface area contributed by atoms with Crippen molar-refractivity contribution in [3.05, 3.63) is 54.2 Å². The van der Waals surface area contributed by atoms with Crippen LogP contribution in [0.15, 0.2) is 47.1 Å². The van der Waals surface area contributed by atoms with Gasteiger partial charge in [-0.1, -0.05) is 18.2 Å². The number of para-hydroxylation sites is 1. The number of nitrogens with two attached hydrogens (primary N) is 1. The molecule has 0 saturated carbocycles. The Hall–Kier alpha value is -3.26. The second kappa shape index (κ2) is 6.72. The van der Waals surface area contributed by atoms with E-state index in [0.29, 0.717) is 31.9 Å². The highest BCUT2D eigenvalue weighted by Gasteiger charge is 2.33. The number of nitrogens with zero attached hydrogens (tertiary/aromatic N) is 5. The van der Waals surface area contributed by atoms with Crippen molar-refractivity contribution in [1.82, 2.24) is 24.6 Å². The highest BCUT2D eigenvalue weighted by Crippen LogP contribution is 2.31. The molecule has 8 nitrogen and oxygen atoms in total. The molecule has 1 amide bonds. The molecular formula is C20H20N6O2. The van der Waals surface area contributed by atoms with E-state index < -0.39 is 0 Å². The van der Waals surface area contributed by atoms with Gasteiger partial charge in [0.1, 0.15) is 11.1 Å². The van der Waals surface area contributed by atoms with Crippen LogP contribution in [0.3, 0.4) is 0 Å². The van der Waals surface area contributed by atoms with E-state index in [0.717, 1.165) is 34.2 Å². The number of fused-ring (bicyclic) bond motifs is 2. The van der Waals surface area contributed by atoms with Crippen molar-refractivity contribution >= 4 is 28.0 Å². The quantitative estimate of drug-likeness (QED) is 0.585. The molecule has 1 atom stereocenters. The lowest BCUT2D eigenvalue weighted by atomic mass is 10.0. The molecule has 1 aromatic carbocycles. The van der Waals surface area contributed by atoms with Crippen LogP contribution in [0.4, 0.5) is 0 Å². The summed E-state index contributed by atoms with van der Waals surface area (Å²) in [4.78, 5) is 23.6. The summed E-state index contributed by atoms with van der Waals surface area (Å²) in [5.74, 6) is 0.405. The average molecular weight is 376 g/mol. The average Bonchev–Trinajstić information content (AvgIpc) is 3.44. The van der Waals surface area contributed by atoms with Crippen molar-refractivity contribution in [2.75, 3.05) is 19.6 Å². The monoisotopic (exact) mass is 376 g/mol. The number of benzene rings is 1. The number of aromatic nitrogens is 4. The summed E-state index contributed by atoms with van der Waals surface area (Å²) in [6.07, 6.45) is 4.16. The van der Waals surface area contributed by atoms with Crippen molar-refractivity contribution in [3.8, 4) is 0 Å². The number of amides is 1. The van der Waals surface area contributed by atoms with Gasteiger partial charge in [-0.25, -0.2) is 14.6 Å². The summed E-state index contributed by atoms with van der Waals surface area (Å²) in [7, 11) is 0. The van der Waals surface area contributed by atoms with E-state index in [4.69, 9.17) is 15.2 Å². The zero-order chi connectivity index (χ0) is 19.1. The summed E-state index contributed by atoms with van der Waals surface area (Å²) in [6.45, 7) is 2.31. The molecule has 0 radical (unpaired) electrons. The summed E-state index contributed by atoms with van der Waals surface area (Å²) in [5, 5.41) is 5.65. The van der Waals surface area contributed by atoms with E-state index >= 15 is 0 Å². The number of hydrogen-bond donors (Lipinski definition) is 1. The summed E-state index contributed by atoms with van der Waals surface area (Å²) >= 11 is 0. The van der Waals surface area contributed by atoms with E-state index in [9.17, 15) is 4.79 Å². The normalized spacial score (nSPS) is 17.0. The molecule has 1 saturated heterocycles. The van der Waals surface area contributed by atoms with Crippen LogP contribution in [-0.2, 0) is 6.54 Å². The van der Waals surface area contributed by atoms with Crippen molar-refractivity contribution in [2.45, 2.75) is 18.9 Å². The lowest BCUT2D eigenvalue weighted by Crippen LogP contribution is -2.28. The zero-order valence-corrected chi connectivity index (χ0v) is 15.3. The first-order valence-electron chi connectivity index (χ1n) is 9.40. The first-order chi connectivity index (χ1) is 13.7. The lowest BCUT2D eigenvalue weighted by molar-refractivity contribution is 0.0761. The Balaban J connectivity index is 1.41. The summed E-state index contributed by atoms with van der Waals surface area (Å²) < 4.78 is 7.55. The lowest BCUT2D eigenvalue weighted by Gasteiger charge is -2.14. The molecule has 0 spiro atoms. The number of furan rings is 1. The number of carbonyl (C=O) groups is 1. The van der Waals surface area contributed by atoms with Crippen LogP contribution in [0.25, 0.3) is 22.1 Å². The molecule has 8 heteroatoms. The van der Waals surface area contributed by atoms with Gasteiger partial charge >= 0.3 is 0 Å². The third-order valence-corrected chi connectivity index (χ3v) is 5.23. The van der Waals surface area contributed by atoms with Gasteiger partial charge in [-0.05, 0) is 18.6 Å². The minimum atomic E-state index is -0.0875. The van der Waals surface area contributed by atoms with E-state index in [1.165, 1.54) is 0 Å². The molecule has 0 bridgehead atoms. The van der Waals surface area contributed by atoms with Crippen LogP contribution in [0.5, 0.6) is 0 Å². The Morgan fingerprint density at radius 2 is 2.11 bits per heavy atom. The molecule has 3 aromatic heterocycles. The summed E-state index contributed by atoms with van der Waals surface area (Å²) in [6, 6.07) is 9.45. The highest BCUT2D eigenvalue weighted by molar-refractivity contribution is 5.96. The first kappa shape index (κ1) is 16.9. The van der Waals surface area contributed by atoms with Gasteiger partial charge in [-0.2, -0.15) is 5.10 Å². The van der Waals surface area contributed by atoms with Crippen LogP contribution in [0.1, 0.15) is 28.6 Å². The van der Waals surface area contributed by atoms with E-state index in [1.54, 1.807) is 17.1 Å². The topological polar surface area (TPSA) is 103 Å². The van der Waals surface area contributed by atoms with Crippen LogP contribution in [0.2, 0.25) is 0 Å². The molecular weight excluding hydrogens is 356 g/mol. The largest absolute Gasteiger partial charge is 0.451 e. The fraction of sp³-hybridized carbons (Fsp3) is 0.300. The molecule has 0 unspecified atom stereocenters. The highest BCUT2D eigenvalue weighted by atomic mass is 16.3. The minimum Gasteiger partial charge on any atom is -0.451 e. The van der Waals surface area contributed by atoms with Crippen molar-refractivity contribution in [3.63, 3.8) is 0 Å². The SMILES string of the molecule is NCCn1nc([C@H]2CCN(C(=O)c3cc4ccccc4o3)C2)c2nccnc21.